The normalized spacial score (nSPS) is 44.1. The summed E-state index contributed by atoms with van der Waals surface area (Å²) in [5.74, 6) is -0.349. The molecular weight excluding hydrogens is 260 g/mol. The SMILES string of the molecule is C=C1C(=O)O[C@@H]2C[C@H](C)[C@]3([C@@H](O)CC(C)=O)O[C@@H]3C[C@H]12. The molecule has 1 saturated carbocycles. The molecule has 6 atom stereocenters. The van der Waals surface area contributed by atoms with E-state index in [1.165, 1.54) is 6.92 Å². The van der Waals surface area contributed by atoms with Crippen LogP contribution in [0.15, 0.2) is 12.2 Å². The summed E-state index contributed by atoms with van der Waals surface area (Å²) in [6.45, 7) is 7.26. The maximum Gasteiger partial charge on any atom is 0.334 e. The lowest BCUT2D eigenvalue weighted by Crippen LogP contribution is -2.39. The van der Waals surface area contributed by atoms with E-state index in [1.54, 1.807) is 0 Å². The van der Waals surface area contributed by atoms with Crippen LogP contribution >= 0.6 is 0 Å². The number of carbonyl (C=O) groups is 2. The first-order valence-corrected chi connectivity index (χ1v) is 7.11. The molecule has 1 aliphatic carbocycles. The number of ketones is 1. The van der Waals surface area contributed by atoms with Crippen molar-refractivity contribution in [1.29, 1.82) is 0 Å². The Hall–Kier alpha value is -1.20. The summed E-state index contributed by atoms with van der Waals surface area (Å²) in [6.07, 6.45) is 0.311. The van der Waals surface area contributed by atoms with E-state index in [0.717, 1.165) is 0 Å². The molecule has 0 aromatic rings. The van der Waals surface area contributed by atoms with Crippen molar-refractivity contribution < 1.29 is 24.2 Å². The number of ether oxygens (including phenoxy) is 2. The number of epoxide rings is 1. The second-order valence-corrected chi connectivity index (χ2v) is 6.33. The Morgan fingerprint density at radius 2 is 2.25 bits per heavy atom. The molecule has 2 heterocycles. The number of aliphatic hydroxyl groups excluding tert-OH is 1. The summed E-state index contributed by atoms with van der Waals surface area (Å²) in [7, 11) is 0. The summed E-state index contributed by atoms with van der Waals surface area (Å²) in [5, 5.41) is 10.3. The highest BCUT2D eigenvalue weighted by Gasteiger charge is 2.67. The second-order valence-electron chi connectivity index (χ2n) is 6.33. The van der Waals surface area contributed by atoms with Gasteiger partial charge in [-0.15, -0.1) is 0 Å². The summed E-state index contributed by atoms with van der Waals surface area (Å²) < 4.78 is 11.2. The van der Waals surface area contributed by atoms with Crippen LogP contribution in [0.2, 0.25) is 0 Å². The van der Waals surface area contributed by atoms with Gasteiger partial charge in [0.15, 0.2) is 0 Å². The summed E-state index contributed by atoms with van der Waals surface area (Å²) in [4.78, 5) is 22.8. The number of aliphatic hydroxyl groups is 1. The minimum atomic E-state index is -0.789. The van der Waals surface area contributed by atoms with Crippen LogP contribution in [-0.4, -0.2) is 40.8 Å². The van der Waals surface area contributed by atoms with Crippen molar-refractivity contribution in [1.82, 2.24) is 0 Å². The molecule has 0 aromatic heterocycles. The van der Waals surface area contributed by atoms with E-state index in [-0.39, 0.29) is 42.2 Å². The van der Waals surface area contributed by atoms with Gasteiger partial charge in [-0.2, -0.15) is 0 Å². The van der Waals surface area contributed by atoms with Crippen molar-refractivity contribution in [3.63, 3.8) is 0 Å². The predicted molar refractivity (Wildman–Crippen MR) is 69.8 cm³/mol. The van der Waals surface area contributed by atoms with Crippen LogP contribution < -0.4 is 0 Å². The lowest BCUT2D eigenvalue weighted by Gasteiger charge is -2.26. The van der Waals surface area contributed by atoms with Gasteiger partial charge in [-0.1, -0.05) is 13.5 Å². The molecule has 3 fully saturated rings. The summed E-state index contributed by atoms with van der Waals surface area (Å²) >= 11 is 0. The number of carbonyl (C=O) groups excluding carboxylic acids is 2. The van der Waals surface area contributed by atoms with Crippen LogP contribution in [0.3, 0.4) is 0 Å². The molecule has 1 N–H and O–H groups in total. The molecular formula is C15H20O5. The molecule has 2 saturated heterocycles. The molecule has 0 aromatic carbocycles. The Kier molecular flexibility index (Phi) is 3.03. The van der Waals surface area contributed by atoms with Gasteiger partial charge in [0.2, 0.25) is 0 Å². The summed E-state index contributed by atoms with van der Waals surface area (Å²) in [5.41, 5.74) is -0.141. The molecule has 3 rings (SSSR count). The molecule has 20 heavy (non-hydrogen) atoms. The Balaban J connectivity index is 1.81. The van der Waals surface area contributed by atoms with E-state index in [9.17, 15) is 14.7 Å². The van der Waals surface area contributed by atoms with Crippen LogP contribution in [-0.2, 0) is 19.1 Å². The Morgan fingerprint density at radius 3 is 2.90 bits per heavy atom. The minimum Gasteiger partial charge on any atom is -0.458 e. The molecule has 0 bridgehead atoms. The number of hydrogen-bond acceptors (Lipinski definition) is 5. The Labute approximate surface area is 117 Å². The molecule has 0 radical (unpaired) electrons. The Bertz CT molecular complexity index is 485. The van der Waals surface area contributed by atoms with E-state index in [0.29, 0.717) is 18.4 Å². The number of rotatable bonds is 3. The first kappa shape index (κ1) is 13.8. The number of esters is 1. The number of fused-ring (bicyclic) bond motifs is 2. The standard InChI is InChI=1S/C15H20O5/c1-7-4-11-10(9(3)14(18)19-11)6-13-15(7,20-13)12(17)5-8(2)16/h7,10-13,17H,3-6H2,1-2H3/t7-,10+,11+,12-,13+,15+/m0/s1. The third-order valence-corrected chi connectivity index (χ3v) is 5.04. The molecule has 5 heteroatoms. The molecule has 5 nitrogen and oxygen atoms in total. The first-order valence-electron chi connectivity index (χ1n) is 7.11. The largest absolute Gasteiger partial charge is 0.458 e. The minimum absolute atomic E-state index is 0.0242. The maximum atomic E-state index is 11.6. The monoisotopic (exact) mass is 280 g/mol. The van der Waals surface area contributed by atoms with Gasteiger partial charge in [0, 0.05) is 17.9 Å². The molecule has 110 valence electrons. The van der Waals surface area contributed by atoms with Crippen molar-refractivity contribution in [3.8, 4) is 0 Å². The van der Waals surface area contributed by atoms with Crippen molar-refractivity contribution in [3.05, 3.63) is 12.2 Å². The van der Waals surface area contributed by atoms with Crippen LogP contribution in [0.4, 0.5) is 0 Å². The van der Waals surface area contributed by atoms with Crippen LogP contribution in [0, 0.1) is 11.8 Å². The van der Waals surface area contributed by atoms with Crippen molar-refractivity contribution in [2.45, 2.75) is 57.0 Å². The Morgan fingerprint density at radius 1 is 1.55 bits per heavy atom. The molecule has 0 amide bonds. The van der Waals surface area contributed by atoms with E-state index in [1.807, 2.05) is 6.92 Å². The quantitative estimate of drug-likeness (QED) is 0.474. The third kappa shape index (κ3) is 1.84. The van der Waals surface area contributed by atoms with Gasteiger partial charge in [0.05, 0.1) is 12.2 Å². The average Bonchev–Trinajstić information content (AvgIpc) is 3.03. The van der Waals surface area contributed by atoms with Gasteiger partial charge < -0.3 is 14.6 Å². The zero-order valence-electron chi connectivity index (χ0n) is 11.8. The molecule has 3 aliphatic rings. The van der Waals surface area contributed by atoms with Gasteiger partial charge in [-0.3, -0.25) is 4.79 Å². The highest BCUT2D eigenvalue weighted by molar-refractivity contribution is 5.90. The first-order chi connectivity index (χ1) is 9.36. The number of Topliss-reactive ketones (excluding diaryl/α,β-unsaturated/α-hetero) is 1. The van der Waals surface area contributed by atoms with Gasteiger partial charge >= 0.3 is 5.97 Å². The fourth-order valence-corrected chi connectivity index (χ4v) is 3.87. The fraction of sp³-hybridized carbons (Fsp3) is 0.733. The van der Waals surface area contributed by atoms with Crippen LogP contribution in [0.5, 0.6) is 0 Å². The lowest BCUT2D eigenvalue weighted by atomic mass is 9.82. The van der Waals surface area contributed by atoms with Crippen molar-refractivity contribution in [2.75, 3.05) is 0 Å². The van der Waals surface area contributed by atoms with Crippen LogP contribution in [0.25, 0.3) is 0 Å². The number of hydrogen-bond donors (Lipinski definition) is 1. The van der Waals surface area contributed by atoms with E-state index in [2.05, 4.69) is 6.58 Å². The molecule has 0 spiro atoms. The van der Waals surface area contributed by atoms with Gasteiger partial charge in [0.25, 0.3) is 0 Å². The van der Waals surface area contributed by atoms with Gasteiger partial charge in [0.1, 0.15) is 17.5 Å². The maximum absolute atomic E-state index is 11.6. The van der Waals surface area contributed by atoms with Crippen molar-refractivity contribution in [2.24, 2.45) is 11.8 Å². The van der Waals surface area contributed by atoms with Gasteiger partial charge in [-0.25, -0.2) is 4.79 Å². The third-order valence-electron chi connectivity index (χ3n) is 5.04. The van der Waals surface area contributed by atoms with E-state index in [4.69, 9.17) is 9.47 Å². The summed E-state index contributed by atoms with van der Waals surface area (Å²) in [6, 6.07) is 0. The smallest absolute Gasteiger partial charge is 0.334 e. The predicted octanol–water partition coefficient (Wildman–Crippen LogP) is 0.992. The highest BCUT2D eigenvalue weighted by Crippen LogP contribution is 2.56. The van der Waals surface area contributed by atoms with E-state index < -0.39 is 11.7 Å². The zero-order valence-corrected chi connectivity index (χ0v) is 11.8. The molecule has 2 aliphatic heterocycles. The zero-order chi connectivity index (χ0) is 14.7. The van der Waals surface area contributed by atoms with Crippen LogP contribution in [0.1, 0.15) is 33.1 Å². The molecule has 0 unspecified atom stereocenters. The highest BCUT2D eigenvalue weighted by atomic mass is 16.6. The lowest BCUT2D eigenvalue weighted by molar-refractivity contribution is -0.140. The second kappa shape index (κ2) is 4.40. The van der Waals surface area contributed by atoms with Crippen molar-refractivity contribution >= 4 is 11.8 Å². The van der Waals surface area contributed by atoms with Gasteiger partial charge in [-0.05, 0) is 25.7 Å². The van der Waals surface area contributed by atoms with E-state index >= 15 is 0 Å². The topological polar surface area (TPSA) is 76.1 Å². The fourth-order valence-electron chi connectivity index (χ4n) is 3.87. The average molecular weight is 280 g/mol.